The summed E-state index contributed by atoms with van der Waals surface area (Å²) in [5.74, 6) is -0.317. The van der Waals surface area contributed by atoms with E-state index in [1.165, 1.54) is 0 Å². The van der Waals surface area contributed by atoms with Gasteiger partial charge in [-0.15, -0.1) is 0 Å². The Hall–Kier alpha value is -3.50. The zero-order valence-corrected chi connectivity index (χ0v) is 18.9. The minimum atomic E-state index is -4.73. The van der Waals surface area contributed by atoms with Crippen LogP contribution in [0, 0.1) is 0 Å². The van der Waals surface area contributed by atoms with Crippen molar-refractivity contribution in [1.82, 2.24) is 24.6 Å². The number of fused-ring (bicyclic) bond motifs is 2. The maximum Gasteiger partial charge on any atom is 0.435 e. The lowest BCUT2D eigenvalue weighted by Crippen LogP contribution is -2.50. The highest BCUT2D eigenvalue weighted by Gasteiger charge is 2.39. The van der Waals surface area contributed by atoms with Crippen molar-refractivity contribution in [3.63, 3.8) is 0 Å². The van der Waals surface area contributed by atoms with Crippen LogP contribution in [0.2, 0.25) is 0 Å². The summed E-state index contributed by atoms with van der Waals surface area (Å²) in [5, 5.41) is 13.5. The number of para-hydroxylation sites is 1. The van der Waals surface area contributed by atoms with Crippen LogP contribution < -0.4 is 0 Å². The van der Waals surface area contributed by atoms with Crippen molar-refractivity contribution >= 4 is 27.8 Å². The Balaban J connectivity index is 1.62. The molecule has 5 rings (SSSR count). The Bertz CT molecular complexity index is 1360. The van der Waals surface area contributed by atoms with E-state index in [4.69, 9.17) is 5.11 Å². The number of hydrogen-bond donors (Lipinski definition) is 1. The van der Waals surface area contributed by atoms with E-state index in [1.807, 2.05) is 4.90 Å². The summed E-state index contributed by atoms with van der Waals surface area (Å²) in [6, 6.07) is 15.9. The Morgan fingerprint density at radius 3 is 2.34 bits per heavy atom. The molecule has 10 heteroatoms. The van der Waals surface area contributed by atoms with Crippen LogP contribution in [0.1, 0.15) is 5.69 Å². The third-order valence-electron chi connectivity index (χ3n) is 6.33. The molecule has 35 heavy (non-hydrogen) atoms. The van der Waals surface area contributed by atoms with E-state index in [9.17, 15) is 18.0 Å². The lowest BCUT2D eigenvalue weighted by atomic mass is 9.97. The second kappa shape index (κ2) is 9.27. The number of halogens is 3. The van der Waals surface area contributed by atoms with Gasteiger partial charge in [0.2, 0.25) is 5.91 Å². The van der Waals surface area contributed by atoms with E-state index < -0.39 is 11.9 Å². The van der Waals surface area contributed by atoms with Crippen molar-refractivity contribution in [1.29, 1.82) is 0 Å². The molecule has 1 aliphatic heterocycles. The zero-order valence-electron chi connectivity index (χ0n) is 18.9. The van der Waals surface area contributed by atoms with E-state index in [-0.39, 0.29) is 30.1 Å². The topological polar surface area (TPSA) is 74.5 Å². The van der Waals surface area contributed by atoms with Crippen molar-refractivity contribution in [3.8, 4) is 11.1 Å². The first-order valence-electron chi connectivity index (χ1n) is 11.4. The molecule has 1 amide bonds. The van der Waals surface area contributed by atoms with Gasteiger partial charge in [0.15, 0.2) is 11.3 Å². The second-order valence-corrected chi connectivity index (χ2v) is 8.52. The standard InChI is InChI=1S/C25H24F3N5O2/c26-25(27,28)23-22-21(17-6-2-1-3-7-17)18-8-4-5-9-19(18)29-24(22)33(30-23)16-20(35)32-12-10-31(11-13-32)14-15-34/h1-9,34H,10-16H2. The number of rotatable bonds is 5. The number of carbonyl (C=O) groups is 1. The van der Waals surface area contributed by atoms with Gasteiger partial charge in [0.05, 0.1) is 17.5 Å². The molecule has 182 valence electrons. The number of piperazine rings is 1. The van der Waals surface area contributed by atoms with Gasteiger partial charge in [0.25, 0.3) is 0 Å². The highest BCUT2D eigenvalue weighted by molar-refractivity contribution is 6.10. The zero-order chi connectivity index (χ0) is 24.6. The summed E-state index contributed by atoms with van der Waals surface area (Å²) < 4.78 is 43.7. The molecule has 0 unspecified atom stereocenters. The predicted octanol–water partition coefficient (Wildman–Crippen LogP) is 3.41. The molecule has 3 heterocycles. The fourth-order valence-corrected chi connectivity index (χ4v) is 4.63. The van der Waals surface area contributed by atoms with Crippen molar-refractivity contribution in [3.05, 3.63) is 60.3 Å². The molecule has 0 bridgehead atoms. The number of carbonyl (C=O) groups excluding carboxylic acids is 1. The highest BCUT2D eigenvalue weighted by atomic mass is 19.4. The molecule has 4 aromatic rings. The molecule has 0 saturated carbocycles. The summed E-state index contributed by atoms with van der Waals surface area (Å²) in [5.41, 5.74) is 0.522. The first-order valence-corrected chi connectivity index (χ1v) is 11.4. The summed E-state index contributed by atoms with van der Waals surface area (Å²) in [6.45, 7) is 2.30. The minimum absolute atomic E-state index is 0.0298. The normalized spacial score (nSPS) is 15.3. The second-order valence-electron chi connectivity index (χ2n) is 8.52. The maximum absolute atomic E-state index is 14.2. The monoisotopic (exact) mass is 483 g/mol. The number of nitrogens with zero attached hydrogens (tertiary/aromatic N) is 5. The summed E-state index contributed by atoms with van der Waals surface area (Å²) in [4.78, 5) is 21.2. The number of hydrogen-bond acceptors (Lipinski definition) is 5. The number of amides is 1. The number of benzene rings is 2. The smallest absolute Gasteiger partial charge is 0.395 e. The van der Waals surface area contributed by atoms with Crippen LogP contribution in [0.4, 0.5) is 13.2 Å². The van der Waals surface area contributed by atoms with E-state index in [2.05, 4.69) is 10.1 Å². The largest absolute Gasteiger partial charge is 0.435 e. The highest BCUT2D eigenvalue weighted by Crippen LogP contribution is 2.41. The maximum atomic E-state index is 14.2. The van der Waals surface area contributed by atoms with E-state index >= 15 is 0 Å². The fraction of sp³-hybridized carbons (Fsp3) is 0.320. The van der Waals surface area contributed by atoms with Crippen molar-refractivity contribution in [2.24, 2.45) is 0 Å². The first-order chi connectivity index (χ1) is 16.9. The first kappa shape index (κ1) is 23.3. The third-order valence-corrected chi connectivity index (χ3v) is 6.33. The summed E-state index contributed by atoms with van der Waals surface area (Å²) >= 11 is 0. The van der Waals surface area contributed by atoms with Crippen LogP contribution in [0.15, 0.2) is 54.6 Å². The number of β-amino-alcohol motifs (C(OH)–C–C–N with tert-alkyl or cyclic N) is 1. The molecule has 0 atom stereocenters. The molecule has 2 aromatic heterocycles. The van der Waals surface area contributed by atoms with E-state index in [1.54, 1.807) is 59.5 Å². The molecule has 0 radical (unpaired) electrons. The fourth-order valence-electron chi connectivity index (χ4n) is 4.63. The molecular formula is C25H24F3N5O2. The summed E-state index contributed by atoms with van der Waals surface area (Å²) in [6.07, 6.45) is -4.73. The van der Waals surface area contributed by atoms with Crippen molar-refractivity contribution in [2.75, 3.05) is 39.3 Å². The van der Waals surface area contributed by atoms with Gasteiger partial charge < -0.3 is 10.0 Å². The van der Waals surface area contributed by atoms with Gasteiger partial charge in [-0.3, -0.25) is 9.69 Å². The van der Waals surface area contributed by atoms with Gasteiger partial charge in [-0.25, -0.2) is 9.67 Å². The van der Waals surface area contributed by atoms with E-state index in [0.717, 1.165) is 4.68 Å². The van der Waals surface area contributed by atoms with Gasteiger partial charge in [-0.1, -0.05) is 48.5 Å². The Morgan fingerprint density at radius 2 is 1.66 bits per heavy atom. The van der Waals surface area contributed by atoms with Crippen LogP contribution in [0.25, 0.3) is 33.1 Å². The summed E-state index contributed by atoms with van der Waals surface area (Å²) in [7, 11) is 0. The van der Waals surface area contributed by atoms with Gasteiger partial charge in [0.1, 0.15) is 6.54 Å². The van der Waals surface area contributed by atoms with Crippen LogP contribution in [-0.4, -0.2) is 74.9 Å². The number of alkyl halides is 3. The SMILES string of the molecule is O=C(Cn1nc(C(F)(F)F)c2c(-c3ccccc3)c3ccccc3nc21)N1CCN(CCO)CC1. The lowest BCUT2D eigenvalue weighted by Gasteiger charge is -2.34. The molecule has 1 saturated heterocycles. The number of aromatic nitrogens is 3. The van der Waals surface area contributed by atoms with Gasteiger partial charge in [0, 0.05) is 43.7 Å². The molecule has 1 aliphatic rings. The third kappa shape index (κ3) is 4.46. The molecule has 2 aromatic carbocycles. The van der Waals surface area contributed by atoms with Crippen LogP contribution >= 0.6 is 0 Å². The van der Waals surface area contributed by atoms with Gasteiger partial charge in [-0.2, -0.15) is 18.3 Å². The van der Waals surface area contributed by atoms with Crippen LogP contribution in [0.3, 0.4) is 0 Å². The quantitative estimate of drug-likeness (QED) is 0.471. The Morgan fingerprint density at radius 1 is 0.971 bits per heavy atom. The number of pyridine rings is 1. The average Bonchev–Trinajstić information content (AvgIpc) is 3.22. The molecular weight excluding hydrogens is 459 g/mol. The van der Waals surface area contributed by atoms with E-state index in [0.29, 0.717) is 54.8 Å². The lowest BCUT2D eigenvalue weighted by molar-refractivity contribution is -0.141. The predicted molar refractivity (Wildman–Crippen MR) is 126 cm³/mol. The average molecular weight is 483 g/mol. The van der Waals surface area contributed by atoms with Crippen molar-refractivity contribution in [2.45, 2.75) is 12.7 Å². The molecule has 0 spiro atoms. The van der Waals surface area contributed by atoms with Crippen LogP contribution in [-0.2, 0) is 17.5 Å². The van der Waals surface area contributed by atoms with Gasteiger partial charge >= 0.3 is 6.18 Å². The molecule has 0 aliphatic carbocycles. The van der Waals surface area contributed by atoms with Crippen LogP contribution in [0.5, 0.6) is 0 Å². The van der Waals surface area contributed by atoms with Crippen molar-refractivity contribution < 1.29 is 23.1 Å². The number of aliphatic hydroxyl groups is 1. The number of aliphatic hydroxyl groups excluding tert-OH is 1. The molecule has 1 N–H and O–H groups in total. The minimum Gasteiger partial charge on any atom is -0.395 e. The Labute approximate surface area is 199 Å². The Kier molecular flexibility index (Phi) is 6.16. The van der Waals surface area contributed by atoms with Gasteiger partial charge in [-0.05, 0) is 11.6 Å². The molecule has 1 fully saturated rings. The molecule has 7 nitrogen and oxygen atoms in total.